The number of hydrogen-bond acceptors (Lipinski definition) is 5. The van der Waals surface area contributed by atoms with Crippen LogP contribution in [-0.4, -0.2) is 28.2 Å². The highest BCUT2D eigenvalue weighted by molar-refractivity contribution is 7.18. The molecule has 0 spiro atoms. The van der Waals surface area contributed by atoms with Crippen LogP contribution in [0, 0.1) is 5.92 Å². The monoisotopic (exact) mass is 471 g/mol. The van der Waals surface area contributed by atoms with Crippen LogP contribution in [-0.2, 0) is 11.2 Å². The number of nitrogens with one attached hydrogen (secondary N) is 3. The molecule has 0 aliphatic heterocycles. The Morgan fingerprint density at radius 1 is 1.06 bits per heavy atom. The summed E-state index contributed by atoms with van der Waals surface area (Å²) in [6, 6.07) is 13.7. The third-order valence-corrected chi connectivity index (χ3v) is 6.28. The molecule has 0 radical (unpaired) electrons. The molecule has 1 heterocycles. The van der Waals surface area contributed by atoms with E-state index in [-0.39, 0.29) is 11.8 Å². The lowest BCUT2D eigenvalue weighted by Gasteiger charge is -2.23. The van der Waals surface area contributed by atoms with Gasteiger partial charge in [0.15, 0.2) is 0 Å². The van der Waals surface area contributed by atoms with E-state index in [2.05, 4.69) is 26.1 Å². The molecule has 3 aromatic rings. The standard InChI is InChI=1S/C23H26ClN5O2S/c1-4-14(3)19(26-22(31)25-18-12-7-6-9-15(18)5-2)20(30)27-23-29-28-21(32-23)16-10-8-11-17(24)13-16/h6-14,19H,4-5H2,1-3H3,(H2,25,26,31)(H,27,29,30)/t14-,19+/m0/s1. The number of carbonyl (C=O) groups excluding carboxylic acids is 2. The first kappa shape index (κ1) is 23.7. The number of anilines is 2. The number of aromatic nitrogens is 2. The van der Waals surface area contributed by atoms with Crippen LogP contribution in [0.2, 0.25) is 5.02 Å². The summed E-state index contributed by atoms with van der Waals surface area (Å²) in [5.74, 6) is -0.422. The summed E-state index contributed by atoms with van der Waals surface area (Å²) in [6.45, 7) is 5.91. The van der Waals surface area contributed by atoms with Crippen LogP contribution in [0.3, 0.4) is 0 Å². The molecular weight excluding hydrogens is 446 g/mol. The van der Waals surface area contributed by atoms with Gasteiger partial charge in [0.25, 0.3) is 0 Å². The van der Waals surface area contributed by atoms with E-state index in [0.717, 1.165) is 23.2 Å². The SMILES string of the molecule is CCc1ccccc1NC(=O)N[C@@H](C(=O)Nc1nnc(-c2cccc(Cl)c2)s1)[C@@H](C)CC. The topological polar surface area (TPSA) is 96.0 Å². The number of aryl methyl sites for hydroxylation is 1. The predicted octanol–water partition coefficient (Wildman–Crippen LogP) is 5.60. The molecule has 7 nitrogen and oxygen atoms in total. The molecule has 9 heteroatoms. The van der Waals surface area contributed by atoms with Crippen molar-refractivity contribution in [1.29, 1.82) is 0 Å². The Morgan fingerprint density at radius 3 is 2.56 bits per heavy atom. The van der Waals surface area contributed by atoms with Crippen LogP contribution >= 0.6 is 22.9 Å². The summed E-state index contributed by atoms with van der Waals surface area (Å²) in [5.41, 5.74) is 2.57. The Labute approximate surface area is 196 Å². The number of urea groups is 1. The number of amides is 3. The van der Waals surface area contributed by atoms with Crippen molar-refractivity contribution in [3.8, 4) is 10.6 Å². The van der Waals surface area contributed by atoms with Gasteiger partial charge in [0.1, 0.15) is 11.0 Å². The molecule has 3 rings (SSSR count). The fourth-order valence-corrected chi connectivity index (χ4v) is 4.08. The van der Waals surface area contributed by atoms with Crippen molar-refractivity contribution < 1.29 is 9.59 Å². The molecule has 2 aromatic carbocycles. The first-order valence-electron chi connectivity index (χ1n) is 10.5. The van der Waals surface area contributed by atoms with Crippen molar-refractivity contribution in [2.75, 3.05) is 10.6 Å². The van der Waals surface area contributed by atoms with Crippen molar-refractivity contribution in [3.05, 3.63) is 59.1 Å². The van der Waals surface area contributed by atoms with E-state index in [0.29, 0.717) is 21.6 Å². The number of nitrogens with zero attached hydrogens (tertiary/aromatic N) is 2. The molecule has 0 fully saturated rings. The van der Waals surface area contributed by atoms with Crippen molar-refractivity contribution in [1.82, 2.24) is 15.5 Å². The fourth-order valence-electron chi connectivity index (χ4n) is 3.15. The van der Waals surface area contributed by atoms with Gasteiger partial charge in [0.2, 0.25) is 11.0 Å². The molecule has 0 aliphatic carbocycles. The summed E-state index contributed by atoms with van der Waals surface area (Å²) in [6.07, 6.45) is 1.51. The quantitative estimate of drug-likeness (QED) is 0.398. The van der Waals surface area contributed by atoms with E-state index in [4.69, 9.17) is 11.6 Å². The number of para-hydroxylation sites is 1. The zero-order valence-electron chi connectivity index (χ0n) is 18.2. The second-order valence-corrected chi connectivity index (χ2v) is 8.80. The zero-order valence-corrected chi connectivity index (χ0v) is 19.8. The third kappa shape index (κ3) is 6.05. The summed E-state index contributed by atoms with van der Waals surface area (Å²) in [4.78, 5) is 25.6. The van der Waals surface area contributed by atoms with E-state index in [9.17, 15) is 9.59 Å². The van der Waals surface area contributed by atoms with Gasteiger partial charge in [-0.1, -0.05) is 80.5 Å². The van der Waals surface area contributed by atoms with Gasteiger partial charge in [0.05, 0.1) is 0 Å². The molecule has 168 valence electrons. The maximum atomic E-state index is 13.0. The molecule has 0 saturated heterocycles. The van der Waals surface area contributed by atoms with Crippen LogP contribution in [0.15, 0.2) is 48.5 Å². The Kier molecular flexibility index (Phi) is 8.19. The molecule has 0 saturated carbocycles. The van der Waals surface area contributed by atoms with Gasteiger partial charge in [-0.25, -0.2) is 4.79 Å². The second kappa shape index (κ2) is 11.1. The molecule has 0 bridgehead atoms. The second-order valence-electron chi connectivity index (χ2n) is 7.38. The van der Waals surface area contributed by atoms with Gasteiger partial charge in [-0.05, 0) is 36.1 Å². The van der Waals surface area contributed by atoms with Gasteiger partial charge in [-0.3, -0.25) is 10.1 Å². The lowest BCUT2D eigenvalue weighted by Crippen LogP contribution is -2.49. The lowest BCUT2D eigenvalue weighted by molar-refractivity contribution is -0.119. The van der Waals surface area contributed by atoms with E-state index in [1.165, 1.54) is 11.3 Å². The van der Waals surface area contributed by atoms with Crippen LogP contribution in [0.1, 0.15) is 32.8 Å². The third-order valence-electron chi connectivity index (χ3n) is 5.16. The van der Waals surface area contributed by atoms with Crippen molar-refractivity contribution >= 4 is 45.7 Å². The van der Waals surface area contributed by atoms with Crippen LogP contribution in [0.25, 0.3) is 10.6 Å². The highest BCUT2D eigenvalue weighted by Crippen LogP contribution is 2.28. The Hall–Kier alpha value is -2.97. The Morgan fingerprint density at radius 2 is 1.84 bits per heavy atom. The normalized spacial score (nSPS) is 12.6. The summed E-state index contributed by atoms with van der Waals surface area (Å²) < 4.78 is 0. The number of benzene rings is 2. The van der Waals surface area contributed by atoms with Gasteiger partial charge in [0, 0.05) is 16.3 Å². The largest absolute Gasteiger partial charge is 0.326 e. The van der Waals surface area contributed by atoms with E-state index < -0.39 is 12.1 Å². The van der Waals surface area contributed by atoms with Crippen LogP contribution < -0.4 is 16.0 Å². The Balaban J connectivity index is 1.69. The molecule has 3 N–H and O–H groups in total. The molecule has 32 heavy (non-hydrogen) atoms. The van der Waals surface area contributed by atoms with Gasteiger partial charge in [-0.2, -0.15) is 0 Å². The first-order chi connectivity index (χ1) is 15.4. The summed E-state index contributed by atoms with van der Waals surface area (Å²) >= 11 is 7.29. The minimum Gasteiger partial charge on any atom is -0.326 e. The molecular formula is C23H26ClN5O2S. The van der Waals surface area contributed by atoms with Crippen LogP contribution in [0.4, 0.5) is 15.6 Å². The minimum absolute atomic E-state index is 0.0810. The van der Waals surface area contributed by atoms with E-state index in [1.807, 2.05) is 57.2 Å². The van der Waals surface area contributed by atoms with E-state index >= 15 is 0 Å². The molecule has 3 amide bonds. The Bertz CT molecular complexity index is 1090. The number of rotatable bonds is 8. The smallest absolute Gasteiger partial charge is 0.319 e. The molecule has 0 aliphatic rings. The lowest BCUT2D eigenvalue weighted by atomic mass is 9.98. The van der Waals surface area contributed by atoms with Crippen molar-refractivity contribution in [2.45, 2.75) is 39.7 Å². The van der Waals surface area contributed by atoms with Crippen LogP contribution in [0.5, 0.6) is 0 Å². The first-order valence-corrected chi connectivity index (χ1v) is 11.7. The summed E-state index contributed by atoms with van der Waals surface area (Å²) in [5, 5.41) is 18.2. The average Bonchev–Trinajstić information content (AvgIpc) is 3.25. The summed E-state index contributed by atoms with van der Waals surface area (Å²) in [7, 11) is 0. The number of carbonyl (C=O) groups is 2. The van der Waals surface area contributed by atoms with Crippen molar-refractivity contribution in [2.24, 2.45) is 5.92 Å². The number of hydrogen-bond donors (Lipinski definition) is 3. The molecule has 1 aromatic heterocycles. The highest BCUT2D eigenvalue weighted by Gasteiger charge is 2.27. The fraction of sp³-hybridized carbons (Fsp3) is 0.304. The van der Waals surface area contributed by atoms with E-state index in [1.54, 1.807) is 12.1 Å². The molecule has 0 unspecified atom stereocenters. The average molecular weight is 472 g/mol. The van der Waals surface area contributed by atoms with Crippen molar-refractivity contribution in [3.63, 3.8) is 0 Å². The highest BCUT2D eigenvalue weighted by atomic mass is 35.5. The predicted molar refractivity (Wildman–Crippen MR) is 130 cm³/mol. The van der Waals surface area contributed by atoms with Gasteiger partial charge in [-0.15, -0.1) is 10.2 Å². The maximum Gasteiger partial charge on any atom is 0.319 e. The maximum absolute atomic E-state index is 13.0. The zero-order chi connectivity index (χ0) is 23.1. The van der Waals surface area contributed by atoms with Gasteiger partial charge < -0.3 is 10.6 Å². The molecule has 2 atom stereocenters. The minimum atomic E-state index is -0.729. The van der Waals surface area contributed by atoms with Gasteiger partial charge >= 0.3 is 6.03 Å². The number of halogens is 1.